The van der Waals surface area contributed by atoms with Crippen LogP contribution < -0.4 is 0 Å². The van der Waals surface area contributed by atoms with Gasteiger partial charge in [0.1, 0.15) is 0 Å². The Bertz CT molecular complexity index is 610. The highest BCUT2D eigenvalue weighted by molar-refractivity contribution is 7.09. The summed E-state index contributed by atoms with van der Waals surface area (Å²) >= 11 is 1.88. The normalized spacial score (nSPS) is 26.0. The number of benzene rings is 1. The van der Waals surface area contributed by atoms with Crippen LogP contribution in [0.3, 0.4) is 0 Å². The molecule has 128 valence electrons. The van der Waals surface area contributed by atoms with E-state index in [1.807, 2.05) is 11.3 Å². The minimum atomic E-state index is 0.604. The molecule has 4 heteroatoms. The number of nitrogens with zero attached hydrogens (tertiary/aromatic N) is 2. The molecule has 0 aliphatic carbocycles. The summed E-state index contributed by atoms with van der Waals surface area (Å²) in [6.07, 6.45) is 2.43. The van der Waals surface area contributed by atoms with Crippen LogP contribution in [-0.4, -0.2) is 54.7 Å². The van der Waals surface area contributed by atoms with Crippen molar-refractivity contribution in [1.29, 1.82) is 0 Å². The molecule has 0 N–H and O–H groups in total. The third-order valence-electron chi connectivity index (χ3n) is 5.37. The van der Waals surface area contributed by atoms with E-state index in [9.17, 15) is 0 Å². The first kappa shape index (κ1) is 16.3. The summed E-state index contributed by atoms with van der Waals surface area (Å²) in [4.78, 5) is 6.86. The monoisotopic (exact) mass is 342 g/mol. The first-order valence-electron chi connectivity index (χ1n) is 9.02. The predicted octanol–water partition coefficient (Wildman–Crippen LogP) is 3.27. The molecule has 1 aromatic heterocycles. The molecule has 0 amide bonds. The van der Waals surface area contributed by atoms with Gasteiger partial charge in [-0.05, 0) is 29.9 Å². The average molecular weight is 343 g/mol. The van der Waals surface area contributed by atoms with Crippen molar-refractivity contribution >= 4 is 11.3 Å². The molecule has 0 spiro atoms. The summed E-state index contributed by atoms with van der Waals surface area (Å²) in [5.41, 5.74) is 1.46. The van der Waals surface area contributed by atoms with Gasteiger partial charge in [-0.15, -0.1) is 11.3 Å². The Morgan fingerprint density at radius 1 is 1.00 bits per heavy atom. The van der Waals surface area contributed by atoms with Crippen LogP contribution in [0.25, 0.3) is 0 Å². The van der Waals surface area contributed by atoms with Crippen LogP contribution in [0.2, 0.25) is 0 Å². The van der Waals surface area contributed by atoms with Crippen molar-refractivity contribution in [3.63, 3.8) is 0 Å². The fraction of sp³-hybridized carbons (Fsp3) is 0.500. The van der Waals surface area contributed by atoms with Crippen molar-refractivity contribution in [2.45, 2.75) is 31.5 Å². The van der Waals surface area contributed by atoms with Gasteiger partial charge in [0.15, 0.2) is 0 Å². The van der Waals surface area contributed by atoms with E-state index in [4.69, 9.17) is 4.74 Å². The third kappa shape index (κ3) is 3.72. The van der Waals surface area contributed by atoms with Gasteiger partial charge in [-0.2, -0.15) is 0 Å². The molecule has 0 unspecified atom stereocenters. The molecule has 0 saturated carbocycles. The Kier molecular flexibility index (Phi) is 5.28. The number of rotatable bonds is 5. The highest BCUT2D eigenvalue weighted by Crippen LogP contribution is 2.29. The second-order valence-electron chi connectivity index (χ2n) is 6.81. The summed E-state index contributed by atoms with van der Waals surface area (Å²) in [5.74, 6) is 0. The number of ether oxygens (including phenoxy) is 1. The largest absolute Gasteiger partial charge is 0.379 e. The van der Waals surface area contributed by atoms with E-state index >= 15 is 0 Å². The zero-order valence-electron chi connectivity index (χ0n) is 14.1. The summed E-state index contributed by atoms with van der Waals surface area (Å²) in [7, 11) is 0. The van der Waals surface area contributed by atoms with E-state index in [0.717, 1.165) is 39.3 Å². The minimum Gasteiger partial charge on any atom is -0.379 e. The van der Waals surface area contributed by atoms with Crippen LogP contribution in [0.1, 0.15) is 16.9 Å². The second kappa shape index (κ2) is 7.79. The molecule has 2 aliphatic heterocycles. The van der Waals surface area contributed by atoms with Crippen molar-refractivity contribution in [2.24, 2.45) is 0 Å². The summed E-state index contributed by atoms with van der Waals surface area (Å²) < 4.78 is 5.57. The predicted molar refractivity (Wildman–Crippen MR) is 99.5 cm³/mol. The van der Waals surface area contributed by atoms with Crippen molar-refractivity contribution < 1.29 is 4.74 Å². The van der Waals surface area contributed by atoms with Gasteiger partial charge in [0.2, 0.25) is 0 Å². The number of hydrogen-bond donors (Lipinski definition) is 0. The highest BCUT2D eigenvalue weighted by Gasteiger charge is 2.38. The molecule has 3 heterocycles. The minimum absolute atomic E-state index is 0.604. The van der Waals surface area contributed by atoms with Gasteiger partial charge in [-0.1, -0.05) is 36.4 Å². The molecular formula is C20H26N2OS. The Morgan fingerprint density at radius 3 is 2.58 bits per heavy atom. The van der Waals surface area contributed by atoms with Crippen LogP contribution in [0.5, 0.6) is 0 Å². The maximum atomic E-state index is 5.57. The molecule has 2 fully saturated rings. The molecule has 0 radical (unpaired) electrons. The maximum absolute atomic E-state index is 5.57. The maximum Gasteiger partial charge on any atom is 0.0594 e. The van der Waals surface area contributed by atoms with Crippen molar-refractivity contribution in [2.75, 3.05) is 32.8 Å². The molecule has 2 aliphatic rings. The SMILES string of the molecule is c1ccc(C[C@H]2[C@H](N3CCOCC3)CCN2Cc2cccs2)cc1. The molecule has 0 bridgehead atoms. The Labute approximate surface area is 148 Å². The molecule has 4 rings (SSSR count). The van der Waals surface area contributed by atoms with Gasteiger partial charge in [0.25, 0.3) is 0 Å². The zero-order valence-corrected chi connectivity index (χ0v) is 15.0. The van der Waals surface area contributed by atoms with Gasteiger partial charge < -0.3 is 4.74 Å². The second-order valence-corrected chi connectivity index (χ2v) is 7.84. The van der Waals surface area contributed by atoms with Crippen molar-refractivity contribution in [3.8, 4) is 0 Å². The fourth-order valence-corrected chi connectivity index (χ4v) is 4.88. The van der Waals surface area contributed by atoms with E-state index in [1.165, 1.54) is 23.4 Å². The topological polar surface area (TPSA) is 15.7 Å². The van der Waals surface area contributed by atoms with E-state index < -0.39 is 0 Å². The summed E-state index contributed by atoms with van der Waals surface area (Å²) in [6, 6.07) is 16.7. The zero-order chi connectivity index (χ0) is 16.2. The van der Waals surface area contributed by atoms with Gasteiger partial charge >= 0.3 is 0 Å². The third-order valence-corrected chi connectivity index (χ3v) is 6.23. The first-order chi connectivity index (χ1) is 11.9. The van der Waals surface area contributed by atoms with Gasteiger partial charge in [0, 0.05) is 43.1 Å². The van der Waals surface area contributed by atoms with Gasteiger partial charge in [-0.25, -0.2) is 0 Å². The number of thiophene rings is 1. The lowest BCUT2D eigenvalue weighted by Crippen LogP contribution is -2.50. The van der Waals surface area contributed by atoms with Crippen molar-refractivity contribution in [3.05, 3.63) is 58.3 Å². The lowest BCUT2D eigenvalue weighted by Gasteiger charge is -2.37. The standard InChI is InChI=1S/C20H26N2OS/c1-2-5-17(6-3-1)15-20-19(21-10-12-23-13-11-21)8-9-22(20)16-18-7-4-14-24-18/h1-7,14,19-20H,8-13,15-16H2/t19-,20+/m1/s1. The van der Waals surface area contributed by atoms with E-state index in [-0.39, 0.29) is 0 Å². The molecule has 2 saturated heterocycles. The first-order valence-corrected chi connectivity index (χ1v) is 9.90. The van der Waals surface area contributed by atoms with Crippen LogP contribution in [-0.2, 0) is 17.7 Å². The van der Waals surface area contributed by atoms with Crippen LogP contribution in [0.15, 0.2) is 47.8 Å². The molecule has 24 heavy (non-hydrogen) atoms. The number of likely N-dealkylation sites (tertiary alicyclic amines) is 1. The van der Waals surface area contributed by atoms with Crippen molar-refractivity contribution in [1.82, 2.24) is 9.80 Å². The Balaban J connectivity index is 1.52. The summed E-state index contributed by atoms with van der Waals surface area (Å²) in [5, 5.41) is 2.19. The van der Waals surface area contributed by atoms with E-state index in [1.54, 1.807) is 0 Å². The highest BCUT2D eigenvalue weighted by atomic mass is 32.1. The fourth-order valence-electron chi connectivity index (χ4n) is 4.15. The van der Waals surface area contributed by atoms with Gasteiger partial charge in [0.05, 0.1) is 13.2 Å². The van der Waals surface area contributed by atoms with E-state index in [2.05, 4.69) is 57.6 Å². The molecule has 3 nitrogen and oxygen atoms in total. The Hall–Kier alpha value is -1.20. The van der Waals surface area contributed by atoms with E-state index in [0.29, 0.717) is 12.1 Å². The van der Waals surface area contributed by atoms with Gasteiger partial charge in [-0.3, -0.25) is 9.80 Å². The summed E-state index contributed by atoms with van der Waals surface area (Å²) in [6.45, 7) is 6.25. The lowest BCUT2D eigenvalue weighted by molar-refractivity contribution is 0.00794. The smallest absolute Gasteiger partial charge is 0.0594 e. The van der Waals surface area contributed by atoms with Crippen LogP contribution in [0, 0.1) is 0 Å². The number of morpholine rings is 1. The average Bonchev–Trinajstić information content (AvgIpc) is 3.28. The molecule has 2 aromatic rings. The number of hydrogen-bond acceptors (Lipinski definition) is 4. The molecular weight excluding hydrogens is 316 g/mol. The molecule has 2 atom stereocenters. The quantitative estimate of drug-likeness (QED) is 0.829. The Morgan fingerprint density at radius 2 is 1.83 bits per heavy atom. The van der Waals surface area contributed by atoms with Crippen LogP contribution >= 0.6 is 11.3 Å². The van der Waals surface area contributed by atoms with Crippen LogP contribution in [0.4, 0.5) is 0 Å². The lowest BCUT2D eigenvalue weighted by atomic mass is 9.98. The molecule has 1 aromatic carbocycles.